The predicted molar refractivity (Wildman–Crippen MR) is 102 cm³/mol. The molecule has 0 spiro atoms. The number of ether oxygens (including phenoxy) is 2. The summed E-state index contributed by atoms with van der Waals surface area (Å²) in [5.74, 6) is -0.785. The van der Waals surface area contributed by atoms with Gasteiger partial charge in [-0.1, -0.05) is 30.3 Å². The minimum absolute atomic E-state index is 0.163. The molecule has 0 amide bonds. The van der Waals surface area contributed by atoms with Crippen molar-refractivity contribution >= 4 is 18.2 Å². The van der Waals surface area contributed by atoms with Crippen molar-refractivity contribution in [2.75, 3.05) is 13.2 Å². The van der Waals surface area contributed by atoms with Crippen molar-refractivity contribution < 1.29 is 23.9 Å². The van der Waals surface area contributed by atoms with Crippen LogP contribution in [0, 0.1) is 0 Å². The molecule has 0 aliphatic heterocycles. The maximum atomic E-state index is 12.3. The van der Waals surface area contributed by atoms with Gasteiger partial charge >= 0.3 is 11.9 Å². The van der Waals surface area contributed by atoms with E-state index in [4.69, 9.17) is 15.2 Å². The number of carbonyl (C=O) groups is 3. The van der Waals surface area contributed by atoms with E-state index in [0.29, 0.717) is 32.2 Å². The smallest absolute Gasteiger partial charge is 0.323 e. The van der Waals surface area contributed by atoms with Gasteiger partial charge in [0.05, 0.1) is 13.2 Å². The Balaban J connectivity index is 2.69. The summed E-state index contributed by atoms with van der Waals surface area (Å²) < 4.78 is 9.98. The van der Waals surface area contributed by atoms with Crippen LogP contribution in [0.15, 0.2) is 30.3 Å². The van der Waals surface area contributed by atoms with Crippen molar-refractivity contribution in [2.24, 2.45) is 5.73 Å². The Hall–Kier alpha value is -2.25. The average molecular weight is 378 g/mol. The number of hydrogen-bond donors (Lipinski definition) is 2. The van der Waals surface area contributed by atoms with Crippen LogP contribution in [-0.2, 0) is 30.3 Å². The number of esters is 2. The first-order chi connectivity index (χ1) is 12.9. The fourth-order valence-corrected chi connectivity index (χ4v) is 2.70. The van der Waals surface area contributed by atoms with E-state index in [-0.39, 0.29) is 25.4 Å². The lowest BCUT2D eigenvalue weighted by atomic mass is 10.00. The molecule has 1 unspecified atom stereocenters. The predicted octanol–water partition coefficient (Wildman–Crippen LogP) is 1.73. The molecule has 1 aromatic carbocycles. The third kappa shape index (κ3) is 8.79. The van der Waals surface area contributed by atoms with Crippen LogP contribution in [-0.4, -0.2) is 43.1 Å². The molecule has 0 saturated heterocycles. The Kier molecular flexibility index (Phi) is 10.3. The van der Waals surface area contributed by atoms with Crippen molar-refractivity contribution in [1.82, 2.24) is 5.32 Å². The summed E-state index contributed by atoms with van der Waals surface area (Å²) in [6.07, 6.45) is 2.39. The monoisotopic (exact) mass is 378 g/mol. The average Bonchev–Trinajstić information content (AvgIpc) is 2.66. The Bertz CT molecular complexity index is 593. The molecule has 0 aliphatic carbocycles. The van der Waals surface area contributed by atoms with Crippen molar-refractivity contribution in [3.05, 3.63) is 35.9 Å². The number of hydrogen-bond acceptors (Lipinski definition) is 7. The lowest BCUT2D eigenvalue weighted by molar-refractivity contribution is -0.147. The maximum Gasteiger partial charge on any atom is 0.323 e. The molecular formula is C20H30N2O5. The van der Waals surface area contributed by atoms with E-state index < -0.39 is 17.7 Å². The number of nitrogens with two attached hydrogens (primary N) is 1. The first-order valence-corrected chi connectivity index (χ1v) is 9.33. The molecule has 27 heavy (non-hydrogen) atoms. The molecular weight excluding hydrogens is 348 g/mol. The van der Waals surface area contributed by atoms with Gasteiger partial charge in [-0.05, 0) is 45.1 Å². The van der Waals surface area contributed by atoms with E-state index in [1.165, 1.54) is 0 Å². The molecule has 0 aromatic heterocycles. The van der Waals surface area contributed by atoms with E-state index in [0.717, 1.165) is 5.56 Å². The molecule has 1 rings (SSSR count). The van der Waals surface area contributed by atoms with Crippen LogP contribution in [0.2, 0.25) is 0 Å². The van der Waals surface area contributed by atoms with E-state index in [9.17, 15) is 14.4 Å². The van der Waals surface area contributed by atoms with Crippen LogP contribution in [0.1, 0.15) is 45.1 Å². The zero-order valence-electron chi connectivity index (χ0n) is 16.1. The summed E-state index contributed by atoms with van der Waals surface area (Å²) in [7, 11) is 0. The van der Waals surface area contributed by atoms with Crippen molar-refractivity contribution in [1.29, 1.82) is 0 Å². The standard InChI is InChI=1S/C20H30N2O5/c1-3-26-18(24)11-8-14-20(21,15-23)22-17(19(25)27-4-2)13-12-16-9-6-5-7-10-16/h5-7,9-10,15,17,22H,3-4,8,11-14,21H2,1-2H3/t17?,20-/m1/s1. The number of rotatable bonds is 13. The molecule has 7 heteroatoms. The number of aryl methyl sites for hydroxylation is 1. The minimum Gasteiger partial charge on any atom is -0.466 e. The molecule has 0 aliphatic rings. The summed E-state index contributed by atoms with van der Waals surface area (Å²) in [5.41, 5.74) is 5.78. The van der Waals surface area contributed by atoms with Gasteiger partial charge in [-0.2, -0.15) is 0 Å². The van der Waals surface area contributed by atoms with Crippen LogP contribution in [0.5, 0.6) is 0 Å². The fraction of sp³-hybridized carbons (Fsp3) is 0.550. The molecule has 0 bridgehead atoms. The van der Waals surface area contributed by atoms with Gasteiger partial charge < -0.3 is 15.2 Å². The number of nitrogens with one attached hydrogen (secondary N) is 1. The van der Waals surface area contributed by atoms with Crippen molar-refractivity contribution in [2.45, 2.75) is 57.7 Å². The summed E-state index contributed by atoms with van der Waals surface area (Å²) in [5, 5.41) is 2.92. The van der Waals surface area contributed by atoms with Crippen LogP contribution < -0.4 is 11.1 Å². The minimum atomic E-state index is -1.42. The van der Waals surface area contributed by atoms with Gasteiger partial charge in [-0.3, -0.25) is 19.7 Å². The highest BCUT2D eigenvalue weighted by Gasteiger charge is 2.31. The van der Waals surface area contributed by atoms with E-state index in [2.05, 4.69) is 5.32 Å². The third-order valence-electron chi connectivity index (χ3n) is 4.07. The van der Waals surface area contributed by atoms with E-state index >= 15 is 0 Å². The maximum absolute atomic E-state index is 12.3. The topological polar surface area (TPSA) is 108 Å². The van der Waals surface area contributed by atoms with Crippen molar-refractivity contribution in [3.63, 3.8) is 0 Å². The van der Waals surface area contributed by atoms with Gasteiger partial charge in [-0.15, -0.1) is 0 Å². The van der Waals surface area contributed by atoms with Crippen LogP contribution in [0.3, 0.4) is 0 Å². The number of benzene rings is 1. The van der Waals surface area contributed by atoms with Gasteiger partial charge in [0.2, 0.25) is 0 Å². The molecule has 2 atom stereocenters. The van der Waals surface area contributed by atoms with Crippen LogP contribution >= 0.6 is 0 Å². The highest BCUT2D eigenvalue weighted by Crippen LogP contribution is 2.12. The number of carbonyl (C=O) groups excluding carboxylic acids is 3. The zero-order valence-corrected chi connectivity index (χ0v) is 16.1. The Morgan fingerprint density at radius 2 is 1.85 bits per heavy atom. The highest BCUT2D eigenvalue weighted by atomic mass is 16.5. The quantitative estimate of drug-likeness (QED) is 0.306. The molecule has 150 valence electrons. The zero-order chi connectivity index (χ0) is 20.1. The lowest BCUT2D eigenvalue weighted by Crippen LogP contribution is -2.60. The molecule has 7 nitrogen and oxygen atoms in total. The van der Waals surface area contributed by atoms with Gasteiger partial charge in [0.25, 0.3) is 0 Å². The first kappa shape index (κ1) is 22.8. The SMILES string of the molecule is CCOC(=O)CCC[C@](N)(C=O)NC(CCc1ccccc1)C(=O)OCC. The molecule has 0 saturated carbocycles. The molecule has 0 radical (unpaired) electrons. The Morgan fingerprint density at radius 1 is 1.19 bits per heavy atom. The molecule has 0 fully saturated rings. The van der Waals surface area contributed by atoms with E-state index in [1.807, 2.05) is 30.3 Å². The molecule has 3 N–H and O–H groups in total. The summed E-state index contributed by atoms with van der Waals surface area (Å²) in [4.78, 5) is 35.3. The fourth-order valence-electron chi connectivity index (χ4n) is 2.70. The first-order valence-electron chi connectivity index (χ1n) is 9.33. The summed E-state index contributed by atoms with van der Waals surface area (Å²) >= 11 is 0. The van der Waals surface area contributed by atoms with E-state index in [1.54, 1.807) is 13.8 Å². The molecule has 1 aromatic rings. The number of aldehydes is 1. The van der Waals surface area contributed by atoms with Gasteiger partial charge in [0, 0.05) is 6.42 Å². The van der Waals surface area contributed by atoms with Crippen molar-refractivity contribution in [3.8, 4) is 0 Å². The second-order valence-corrected chi connectivity index (χ2v) is 6.29. The largest absolute Gasteiger partial charge is 0.466 e. The highest BCUT2D eigenvalue weighted by molar-refractivity contribution is 5.77. The Morgan fingerprint density at radius 3 is 2.44 bits per heavy atom. The lowest BCUT2D eigenvalue weighted by Gasteiger charge is -2.29. The van der Waals surface area contributed by atoms with Gasteiger partial charge in [0.15, 0.2) is 6.29 Å². The Labute approximate surface area is 160 Å². The summed E-state index contributed by atoms with van der Waals surface area (Å²) in [6.45, 7) is 4.00. The van der Waals surface area contributed by atoms with Crippen LogP contribution in [0.4, 0.5) is 0 Å². The second kappa shape index (κ2) is 12.2. The molecule has 0 heterocycles. The van der Waals surface area contributed by atoms with Crippen LogP contribution in [0.25, 0.3) is 0 Å². The third-order valence-corrected chi connectivity index (χ3v) is 4.07. The normalized spacial score (nSPS) is 14.0. The van der Waals surface area contributed by atoms with Gasteiger partial charge in [-0.25, -0.2) is 0 Å². The second-order valence-electron chi connectivity index (χ2n) is 6.29. The van der Waals surface area contributed by atoms with Gasteiger partial charge in [0.1, 0.15) is 11.7 Å². The summed E-state index contributed by atoms with van der Waals surface area (Å²) in [6, 6.07) is 8.99.